The molecule has 0 spiro atoms. The van der Waals surface area contributed by atoms with Crippen LogP contribution in [0.1, 0.15) is 18.9 Å². The molecule has 2 aliphatic heterocycles. The van der Waals surface area contributed by atoms with Crippen LogP contribution in [0.3, 0.4) is 0 Å². The fourth-order valence-corrected chi connectivity index (χ4v) is 2.59. The van der Waals surface area contributed by atoms with Crippen LogP contribution in [0.25, 0.3) is 0 Å². The molecule has 96 valence electrons. The normalized spacial score (nSPS) is 26.4. The molecule has 2 unspecified atom stereocenters. The van der Waals surface area contributed by atoms with Gasteiger partial charge in [0.25, 0.3) is 5.91 Å². The fraction of sp³-hybridized carbons (Fsp3) is 0.500. The van der Waals surface area contributed by atoms with Crippen molar-refractivity contribution in [1.29, 1.82) is 0 Å². The lowest BCUT2D eigenvalue weighted by atomic mass is 9.98. The van der Waals surface area contributed by atoms with E-state index in [1.54, 1.807) is 6.92 Å². The van der Waals surface area contributed by atoms with Crippen molar-refractivity contribution in [3.63, 3.8) is 0 Å². The highest BCUT2D eigenvalue weighted by atomic mass is 16.5. The molecule has 0 aliphatic carbocycles. The average Bonchev–Trinajstić information content (AvgIpc) is 2.84. The largest absolute Gasteiger partial charge is 0.479 e. The third-order valence-corrected chi connectivity index (χ3v) is 3.66. The van der Waals surface area contributed by atoms with Gasteiger partial charge in [-0.25, -0.2) is 0 Å². The minimum Gasteiger partial charge on any atom is -0.479 e. The first-order chi connectivity index (χ1) is 8.72. The van der Waals surface area contributed by atoms with Crippen LogP contribution in [0.15, 0.2) is 18.2 Å². The zero-order valence-corrected chi connectivity index (χ0v) is 10.5. The van der Waals surface area contributed by atoms with Gasteiger partial charge in [0.15, 0.2) is 6.10 Å². The van der Waals surface area contributed by atoms with E-state index in [1.807, 2.05) is 6.07 Å². The average molecular weight is 246 g/mol. The lowest BCUT2D eigenvalue weighted by Gasteiger charge is -2.24. The predicted octanol–water partition coefficient (Wildman–Crippen LogP) is 1.56. The Labute approximate surface area is 107 Å². The topological polar surface area (TPSA) is 50.4 Å². The minimum absolute atomic E-state index is 0.0738. The molecule has 1 aromatic rings. The molecule has 4 heteroatoms. The summed E-state index contributed by atoms with van der Waals surface area (Å²) in [5, 5.41) is 6.23. The van der Waals surface area contributed by atoms with E-state index < -0.39 is 6.10 Å². The van der Waals surface area contributed by atoms with Gasteiger partial charge in [-0.05, 0) is 56.5 Å². The first-order valence-electron chi connectivity index (χ1n) is 6.53. The number of anilines is 1. The number of amides is 1. The summed E-state index contributed by atoms with van der Waals surface area (Å²) in [5.74, 6) is 1.44. The van der Waals surface area contributed by atoms with Crippen LogP contribution in [0.5, 0.6) is 5.75 Å². The molecule has 0 saturated carbocycles. The molecule has 2 atom stereocenters. The molecule has 1 aromatic carbocycles. The highest BCUT2D eigenvalue weighted by Crippen LogP contribution is 2.31. The van der Waals surface area contributed by atoms with E-state index >= 15 is 0 Å². The molecule has 0 bridgehead atoms. The maximum Gasteiger partial charge on any atom is 0.265 e. The Hall–Kier alpha value is -1.55. The van der Waals surface area contributed by atoms with Gasteiger partial charge in [0, 0.05) is 0 Å². The van der Waals surface area contributed by atoms with Gasteiger partial charge in [0.05, 0.1) is 5.69 Å². The van der Waals surface area contributed by atoms with E-state index in [4.69, 9.17) is 4.74 Å². The molecule has 2 heterocycles. The third-order valence-electron chi connectivity index (χ3n) is 3.66. The summed E-state index contributed by atoms with van der Waals surface area (Å²) in [5.41, 5.74) is 2.07. The second kappa shape index (κ2) is 4.61. The maximum absolute atomic E-state index is 11.5. The number of nitrogens with one attached hydrogen (secondary N) is 2. The summed E-state index contributed by atoms with van der Waals surface area (Å²) in [7, 11) is 0. The van der Waals surface area contributed by atoms with E-state index in [9.17, 15) is 4.79 Å². The van der Waals surface area contributed by atoms with Crippen molar-refractivity contribution in [2.75, 3.05) is 18.4 Å². The quantitative estimate of drug-likeness (QED) is 0.832. The number of benzene rings is 1. The second-order valence-electron chi connectivity index (χ2n) is 5.14. The Morgan fingerprint density at radius 2 is 2.33 bits per heavy atom. The highest BCUT2D eigenvalue weighted by Gasteiger charge is 2.24. The zero-order valence-electron chi connectivity index (χ0n) is 10.5. The molecule has 1 saturated heterocycles. The van der Waals surface area contributed by atoms with Crippen LogP contribution in [0, 0.1) is 5.92 Å². The monoisotopic (exact) mass is 246 g/mol. The molecule has 18 heavy (non-hydrogen) atoms. The van der Waals surface area contributed by atoms with E-state index in [-0.39, 0.29) is 5.91 Å². The summed E-state index contributed by atoms with van der Waals surface area (Å²) in [4.78, 5) is 11.5. The SMILES string of the molecule is CC1Oc2cc(CC3CCNC3)ccc2NC1=O. The van der Waals surface area contributed by atoms with Crippen molar-refractivity contribution in [3.8, 4) is 5.75 Å². The van der Waals surface area contributed by atoms with Gasteiger partial charge < -0.3 is 15.4 Å². The van der Waals surface area contributed by atoms with Crippen molar-refractivity contribution in [1.82, 2.24) is 5.32 Å². The highest BCUT2D eigenvalue weighted by molar-refractivity contribution is 5.97. The molecule has 2 N–H and O–H groups in total. The smallest absolute Gasteiger partial charge is 0.265 e. The van der Waals surface area contributed by atoms with Crippen molar-refractivity contribution in [2.45, 2.75) is 25.9 Å². The summed E-state index contributed by atoms with van der Waals surface area (Å²) < 4.78 is 5.62. The Morgan fingerprint density at radius 3 is 3.11 bits per heavy atom. The van der Waals surface area contributed by atoms with Crippen molar-refractivity contribution < 1.29 is 9.53 Å². The first kappa shape index (κ1) is 11.5. The van der Waals surface area contributed by atoms with Gasteiger partial charge in [-0.3, -0.25) is 4.79 Å². The number of fused-ring (bicyclic) bond motifs is 1. The predicted molar refractivity (Wildman–Crippen MR) is 69.8 cm³/mol. The second-order valence-corrected chi connectivity index (χ2v) is 5.14. The van der Waals surface area contributed by atoms with Crippen molar-refractivity contribution in [2.24, 2.45) is 5.92 Å². The van der Waals surface area contributed by atoms with Gasteiger partial charge in [-0.15, -0.1) is 0 Å². The first-order valence-corrected chi connectivity index (χ1v) is 6.53. The van der Waals surface area contributed by atoms with Crippen LogP contribution in [0.2, 0.25) is 0 Å². The van der Waals surface area contributed by atoms with E-state index in [2.05, 4.69) is 22.8 Å². The van der Waals surface area contributed by atoms with E-state index in [0.29, 0.717) is 0 Å². The summed E-state index contributed by atoms with van der Waals surface area (Å²) in [6, 6.07) is 6.08. The van der Waals surface area contributed by atoms with Crippen LogP contribution in [-0.2, 0) is 11.2 Å². The fourth-order valence-electron chi connectivity index (χ4n) is 2.59. The van der Waals surface area contributed by atoms with Gasteiger partial charge in [0.1, 0.15) is 5.75 Å². The van der Waals surface area contributed by atoms with Crippen molar-refractivity contribution >= 4 is 11.6 Å². The summed E-state index contributed by atoms with van der Waals surface area (Å²) >= 11 is 0. The molecule has 2 aliphatic rings. The summed E-state index contributed by atoms with van der Waals surface area (Å²) in [6.07, 6.45) is 1.91. The maximum atomic E-state index is 11.5. The number of hydrogen-bond acceptors (Lipinski definition) is 3. The van der Waals surface area contributed by atoms with E-state index in [0.717, 1.165) is 36.9 Å². The number of hydrogen-bond donors (Lipinski definition) is 2. The molecular formula is C14H18N2O2. The number of carbonyl (C=O) groups excluding carboxylic acids is 1. The lowest BCUT2D eigenvalue weighted by Crippen LogP contribution is -2.34. The Bertz CT molecular complexity index is 467. The van der Waals surface area contributed by atoms with E-state index in [1.165, 1.54) is 12.0 Å². The lowest BCUT2D eigenvalue weighted by molar-refractivity contribution is -0.122. The van der Waals surface area contributed by atoms with Crippen LogP contribution in [-0.4, -0.2) is 25.1 Å². The van der Waals surface area contributed by atoms with Gasteiger partial charge in [-0.2, -0.15) is 0 Å². The Kier molecular flexibility index (Phi) is 2.96. The van der Waals surface area contributed by atoms with Crippen molar-refractivity contribution in [3.05, 3.63) is 23.8 Å². The number of rotatable bonds is 2. The van der Waals surface area contributed by atoms with Crippen LogP contribution in [0.4, 0.5) is 5.69 Å². The van der Waals surface area contributed by atoms with Gasteiger partial charge in [0.2, 0.25) is 0 Å². The molecule has 0 radical (unpaired) electrons. The Balaban J connectivity index is 1.78. The number of ether oxygens (including phenoxy) is 1. The number of carbonyl (C=O) groups is 1. The Morgan fingerprint density at radius 1 is 1.44 bits per heavy atom. The third kappa shape index (κ3) is 2.20. The van der Waals surface area contributed by atoms with Gasteiger partial charge >= 0.3 is 0 Å². The molecule has 1 amide bonds. The molecule has 1 fully saturated rings. The van der Waals surface area contributed by atoms with Crippen LogP contribution >= 0.6 is 0 Å². The summed E-state index contributed by atoms with van der Waals surface area (Å²) in [6.45, 7) is 4.00. The standard InChI is InChI=1S/C14H18N2O2/c1-9-14(17)16-12-3-2-10(7-13(12)18-9)6-11-4-5-15-8-11/h2-3,7,9,11,15H,4-6,8H2,1H3,(H,16,17). The minimum atomic E-state index is -0.402. The molecule has 3 rings (SSSR count). The molecule has 4 nitrogen and oxygen atoms in total. The molecule has 0 aromatic heterocycles. The van der Waals surface area contributed by atoms with Crippen LogP contribution < -0.4 is 15.4 Å². The molecular weight excluding hydrogens is 228 g/mol. The zero-order chi connectivity index (χ0) is 12.5. The van der Waals surface area contributed by atoms with Gasteiger partial charge in [-0.1, -0.05) is 6.07 Å².